The minimum atomic E-state index is -2.69. The van der Waals surface area contributed by atoms with Crippen LogP contribution in [0, 0.1) is 0 Å². The van der Waals surface area contributed by atoms with Gasteiger partial charge in [-0.3, -0.25) is 4.79 Å². The van der Waals surface area contributed by atoms with Gasteiger partial charge in [-0.05, 0) is 43.4 Å². The zero-order chi connectivity index (χ0) is 24.9. The summed E-state index contributed by atoms with van der Waals surface area (Å²) in [5.74, 6) is -2.51. The number of rotatable bonds is 6. The van der Waals surface area contributed by atoms with Gasteiger partial charge in [-0.2, -0.15) is 10.1 Å². The van der Waals surface area contributed by atoms with E-state index in [2.05, 4.69) is 30.7 Å². The van der Waals surface area contributed by atoms with E-state index in [0.29, 0.717) is 34.8 Å². The van der Waals surface area contributed by atoms with Gasteiger partial charge >= 0.3 is 0 Å². The Morgan fingerprint density at radius 2 is 2.00 bits per heavy atom. The fourth-order valence-electron chi connectivity index (χ4n) is 5.19. The van der Waals surface area contributed by atoms with Crippen molar-refractivity contribution in [2.45, 2.75) is 62.6 Å². The standard InChI is InChI=1S/C25H27F2N7O2/c1-36-17-4-2-15(3-5-17)32-24-29-12-19-18(11-28-22(19)33-24)14-6-7-34-21(8-14)20(13-30-34)23(35)31-16-9-25(26,27)10-16/h6-8,11-13,15-17H,2-5,9-10H2,1H3,(H,31,35)(H2,28,29,32,33). The van der Waals surface area contributed by atoms with Crippen molar-refractivity contribution in [2.75, 3.05) is 12.4 Å². The first kappa shape index (κ1) is 22.8. The smallest absolute Gasteiger partial charge is 0.255 e. The third-order valence-electron chi connectivity index (χ3n) is 7.28. The van der Waals surface area contributed by atoms with Crippen LogP contribution in [0.15, 0.2) is 36.9 Å². The fraction of sp³-hybridized carbons (Fsp3) is 0.440. The van der Waals surface area contributed by atoms with E-state index in [9.17, 15) is 13.6 Å². The van der Waals surface area contributed by atoms with Gasteiger partial charge in [-0.1, -0.05) is 0 Å². The minimum absolute atomic E-state index is 0.322. The summed E-state index contributed by atoms with van der Waals surface area (Å²) in [6.45, 7) is 0. The first-order valence-corrected chi connectivity index (χ1v) is 12.2. The predicted octanol–water partition coefficient (Wildman–Crippen LogP) is 4.17. The lowest BCUT2D eigenvalue weighted by Gasteiger charge is -2.35. The number of carbonyl (C=O) groups is 1. The maximum Gasteiger partial charge on any atom is 0.255 e. The highest BCUT2D eigenvalue weighted by Gasteiger charge is 2.46. The minimum Gasteiger partial charge on any atom is -0.381 e. The van der Waals surface area contributed by atoms with E-state index < -0.39 is 17.9 Å². The summed E-state index contributed by atoms with van der Waals surface area (Å²) in [6, 6.07) is 3.56. The van der Waals surface area contributed by atoms with Gasteiger partial charge in [0.2, 0.25) is 5.95 Å². The van der Waals surface area contributed by atoms with Gasteiger partial charge in [0.1, 0.15) is 5.65 Å². The number of carbonyl (C=O) groups excluding carboxylic acids is 1. The van der Waals surface area contributed by atoms with Crippen LogP contribution in [0.3, 0.4) is 0 Å². The molecule has 4 heterocycles. The molecule has 4 aromatic rings. The highest BCUT2D eigenvalue weighted by molar-refractivity contribution is 6.02. The lowest BCUT2D eigenvalue weighted by molar-refractivity contribution is -0.0901. The molecule has 1 amide bonds. The molecule has 36 heavy (non-hydrogen) atoms. The van der Waals surface area contributed by atoms with Crippen molar-refractivity contribution >= 4 is 28.4 Å². The molecule has 188 valence electrons. The first-order valence-electron chi connectivity index (χ1n) is 12.2. The van der Waals surface area contributed by atoms with Gasteiger partial charge < -0.3 is 20.4 Å². The quantitative estimate of drug-likeness (QED) is 0.371. The van der Waals surface area contributed by atoms with E-state index in [-0.39, 0.29) is 12.8 Å². The predicted molar refractivity (Wildman–Crippen MR) is 130 cm³/mol. The zero-order valence-corrected chi connectivity index (χ0v) is 19.8. The summed E-state index contributed by atoms with van der Waals surface area (Å²) in [6.07, 6.45) is 10.6. The van der Waals surface area contributed by atoms with Crippen LogP contribution >= 0.6 is 0 Å². The van der Waals surface area contributed by atoms with Crippen LogP contribution in [0.1, 0.15) is 48.9 Å². The lowest BCUT2D eigenvalue weighted by atomic mass is 9.88. The Balaban J connectivity index is 1.22. The highest BCUT2D eigenvalue weighted by Crippen LogP contribution is 2.37. The molecule has 4 aromatic heterocycles. The molecule has 2 fully saturated rings. The summed E-state index contributed by atoms with van der Waals surface area (Å²) < 4.78 is 33.3. The number of ether oxygens (including phenoxy) is 1. The first-order chi connectivity index (χ1) is 17.4. The van der Waals surface area contributed by atoms with Crippen LogP contribution < -0.4 is 10.6 Å². The summed E-state index contributed by atoms with van der Waals surface area (Å²) in [5.41, 5.74) is 3.41. The number of nitrogens with one attached hydrogen (secondary N) is 3. The Bertz CT molecular complexity index is 1420. The molecular weight excluding hydrogens is 468 g/mol. The van der Waals surface area contributed by atoms with E-state index >= 15 is 0 Å². The number of alkyl halides is 2. The zero-order valence-electron chi connectivity index (χ0n) is 19.8. The van der Waals surface area contributed by atoms with E-state index in [1.165, 1.54) is 6.20 Å². The number of nitrogens with zero attached hydrogens (tertiary/aromatic N) is 4. The third kappa shape index (κ3) is 4.27. The Hall–Kier alpha value is -3.60. The summed E-state index contributed by atoms with van der Waals surface area (Å²) in [4.78, 5) is 25.2. The molecule has 11 heteroatoms. The molecule has 0 atom stereocenters. The second-order valence-electron chi connectivity index (χ2n) is 9.75. The van der Waals surface area contributed by atoms with E-state index in [4.69, 9.17) is 4.74 Å². The number of hydrogen-bond donors (Lipinski definition) is 3. The van der Waals surface area contributed by atoms with Crippen molar-refractivity contribution in [3.05, 3.63) is 42.5 Å². The molecule has 2 saturated carbocycles. The normalized spacial score (nSPS) is 22.0. The van der Waals surface area contributed by atoms with Gasteiger partial charge in [0.15, 0.2) is 0 Å². The number of pyridine rings is 1. The van der Waals surface area contributed by atoms with Gasteiger partial charge in [0.05, 0.1) is 23.4 Å². The Kier molecular flexibility index (Phi) is 5.59. The van der Waals surface area contributed by atoms with Crippen molar-refractivity contribution in [1.82, 2.24) is 29.9 Å². The number of hydrogen-bond acceptors (Lipinski definition) is 6. The van der Waals surface area contributed by atoms with Crippen LogP contribution in [0.25, 0.3) is 27.7 Å². The van der Waals surface area contributed by atoms with Crippen LogP contribution in [0.2, 0.25) is 0 Å². The number of anilines is 1. The number of fused-ring (bicyclic) bond motifs is 2. The van der Waals surface area contributed by atoms with E-state index in [0.717, 1.165) is 42.2 Å². The number of aromatic amines is 1. The second kappa shape index (κ2) is 8.81. The monoisotopic (exact) mass is 495 g/mol. The number of amides is 1. The Labute approximate surface area is 205 Å². The van der Waals surface area contributed by atoms with Gasteiger partial charge in [0, 0.05) is 61.6 Å². The second-order valence-corrected chi connectivity index (χ2v) is 9.75. The Morgan fingerprint density at radius 1 is 1.19 bits per heavy atom. The molecule has 9 nitrogen and oxygen atoms in total. The van der Waals surface area contributed by atoms with Gasteiger partial charge in [-0.15, -0.1) is 0 Å². The number of halogens is 2. The van der Waals surface area contributed by atoms with E-state index in [1.54, 1.807) is 24.0 Å². The van der Waals surface area contributed by atoms with Crippen molar-refractivity contribution < 1.29 is 18.3 Å². The van der Waals surface area contributed by atoms with Crippen molar-refractivity contribution in [2.24, 2.45) is 0 Å². The molecule has 0 unspecified atom stereocenters. The average Bonchev–Trinajstić information content (AvgIpc) is 3.47. The Morgan fingerprint density at radius 3 is 2.75 bits per heavy atom. The van der Waals surface area contributed by atoms with E-state index in [1.807, 2.05) is 18.3 Å². The maximum absolute atomic E-state index is 13.2. The number of methoxy groups -OCH3 is 1. The van der Waals surface area contributed by atoms with Gasteiger partial charge in [-0.25, -0.2) is 18.3 Å². The van der Waals surface area contributed by atoms with Crippen molar-refractivity contribution in [3.8, 4) is 11.1 Å². The molecule has 0 bridgehead atoms. The molecule has 0 saturated heterocycles. The van der Waals surface area contributed by atoms with Crippen LogP contribution in [-0.2, 0) is 4.74 Å². The van der Waals surface area contributed by atoms with Crippen LogP contribution in [0.5, 0.6) is 0 Å². The molecule has 6 rings (SSSR count). The highest BCUT2D eigenvalue weighted by atomic mass is 19.3. The summed E-state index contributed by atoms with van der Waals surface area (Å²) in [7, 11) is 1.76. The van der Waals surface area contributed by atoms with Gasteiger partial charge in [0.25, 0.3) is 11.8 Å². The third-order valence-corrected chi connectivity index (χ3v) is 7.28. The SMILES string of the molecule is COC1CCC(Nc2ncc3c(-c4ccn5ncc(C(=O)NC6CC(F)(F)C6)c5c4)c[nH]c3n2)CC1. The maximum atomic E-state index is 13.2. The molecule has 3 N–H and O–H groups in total. The van der Waals surface area contributed by atoms with Crippen LogP contribution in [-0.4, -0.2) is 61.7 Å². The topological polar surface area (TPSA) is 109 Å². The number of H-pyrrole nitrogens is 1. The fourth-order valence-corrected chi connectivity index (χ4v) is 5.19. The molecule has 0 aliphatic heterocycles. The molecule has 0 aromatic carbocycles. The summed E-state index contributed by atoms with van der Waals surface area (Å²) >= 11 is 0. The molecule has 2 aliphatic carbocycles. The molecule has 0 spiro atoms. The van der Waals surface area contributed by atoms with Crippen molar-refractivity contribution in [3.63, 3.8) is 0 Å². The summed E-state index contributed by atoms with van der Waals surface area (Å²) in [5, 5.41) is 11.2. The average molecular weight is 496 g/mol. The number of aromatic nitrogens is 5. The largest absolute Gasteiger partial charge is 0.381 e. The van der Waals surface area contributed by atoms with Crippen molar-refractivity contribution in [1.29, 1.82) is 0 Å². The molecule has 2 aliphatic rings. The molecule has 0 radical (unpaired) electrons. The van der Waals surface area contributed by atoms with Crippen LogP contribution in [0.4, 0.5) is 14.7 Å². The lowest BCUT2D eigenvalue weighted by Crippen LogP contribution is -2.50. The molecular formula is C25H27F2N7O2.